The first-order chi connectivity index (χ1) is 9.92. The highest BCUT2D eigenvalue weighted by Crippen LogP contribution is 2.22. The molecule has 1 aliphatic carbocycles. The molecule has 0 heterocycles. The molecule has 1 saturated carbocycles. The van der Waals surface area contributed by atoms with Crippen molar-refractivity contribution in [1.29, 1.82) is 0 Å². The van der Waals surface area contributed by atoms with Gasteiger partial charge in [-0.15, -0.1) is 13.2 Å². The van der Waals surface area contributed by atoms with E-state index in [0.29, 0.717) is 25.6 Å². The third-order valence-electron chi connectivity index (χ3n) is 2.96. The fourth-order valence-corrected chi connectivity index (χ4v) is 1.77. The van der Waals surface area contributed by atoms with Gasteiger partial charge in [-0.05, 0) is 30.5 Å². The second-order valence-electron chi connectivity index (χ2n) is 4.96. The summed E-state index contributed by atoms with van der Waals surface area (Å²) in [7, 11) is 0. The van der Waals surface area contributed by atoms with Gasteiger partial charge in [0, 0.05) is 25.6 Å². The SMILES string of the molecule is O=C(CCNCc1ccc(OC(F)(F)F)cc1)NC1CC1. The van der Waals surface area contributed by atoms with E-state index in [2.05, 4.69) is 15.4 Å². The van der Waals surface area contributed by atoms with Crippen LogP contribution in [0.25, 0.3) is 0 Å². The molecular formula is C14H17F3N2O2. The normalized spacial score (nSPS) is 14.8. The Hall–Kier alpha value is -1.76. The first kappa shape index (κ1) is 15.6. The minimum absolute atomic E-state index is 0.0268. The van der Waals surface area contributed by atoms with Gasteiger partial charge in [0.15, 0.2) is 0 Å². The molecule has 1 aliphatic rings. The molecule has 0 aromatic heterocycles. The van der Waals surface area contributed by atoms with Gasteiger partial charge >= 0.3 is 6.36 Å². The third-order valence-corrected chi connectivity index (χ3v) is 2.96. The lowest BCUT2D eigenvalue weighted by atomic mass is 10.2. The van der Waals surface area contributed by atoms with Crippen molar-refractivity contribution >= 4 is 5.91 Å². The zero-order valence-corrected chi connectivity index (χ0v) is 11.4. The van der Waals surface area contributed by atoms with Crippen molar-refractivity contribution in [3.8, 4) is 5.75 Å². The number of carbonyl (C=O) groups is 1. The summed E-state index contributed by atoms with van der Waals surface area (Å²) in [4.78, 5) is 11.4. The van der Waals surface area contributed by atoms with E-state index in [0.717, 1.165) is 18.4 Å². The molecule has 1 fully saturated rings. The summed E-state index contributed by atoms with van der Waals surface area (Å²) >= 11 is 0. The van der Waals surface area contributed by atoms with Crippen LogP contribution >= 0.6 is 0 Å². The van der Waals surface area contributed by atoms with Crippen LogP contribution in [0.2, 0.25) is 0 Å². The van der Waals surface area contributed by atoms with Gasteiger partial charge in [-0.3, -0.25) is 4.79 Å². The van der Waals surface area contributed by atoms with E-state index in [9.17, 15) is 18.0 Å². The Labute approximate surface area is 120 Å². The third kappa shape index (κ3) is 6.48. The molecule has 7 heteroatoms. The number of carbonyl (C=O) groups excluding carboxylic acids is 1. The summed E-state index contributed by atoms with van der Waals surface area (Å²) in [5, 5.41) is 5.95. The monoisotopic (exact) mass is 302 g/mol. The van der Waals surface area contributed by atoms with Crippen molar-refractivity contribution in [2.45, 2.75) is 38.2 Å². The average molecular weight is 302 g/mol. The van der Waals surface area contributed by atoms with Crippen molar-refractivity contribution in [1.82, 2.24) is 10.6 Å². The van der Waals surface area contributed by atoms with Gasteiger partial charge in [0.2, 0.25) is 5.91 Å². The summed E-state index contributed by atoms with van der Waals surface area (Å²) in [5.41, 5.74) is 0.826. The zero-order valence-electron chi connectivity index (χ0n) is 11.4. The van der Waals surface area contributed by atoms with Crippen molar-refractivity contribution in [2.75, 3.05) is 6.54 Å². The maximum atomic E-state index is 12.0. The summed E-state index contributed by atoms with van der Waals surface area (Å²) in [6.07, 6.45) is -2.16. The van der Waals surface area contributed by atoms with E-state index in [1.54, 1.807) is 12.1 Å². The number of nitrogens with one attached hydrogen (secondary N) is 2. The first-order valence-electron chi connectivity index (χ1n) is 6.77. The number of benzene rings is 1. The van der Waals surface area contributed by atoms with Crippen LogP contribution in [-0.4, -0.2) is 24.9 Å². The van der Waals surface area contributed by atoms with Gasteiger partial charge in [-0.1, -0.05) is 12.1 Å². The van der Waals surface area contributed by atoms with Gasteiger partial charge in [0.1, 0.15) is 5.75 Å². The molecule has 0 bridgehead atoms. The fourth-order valence-electron chi connectivity index (χ4n) is 1.77. The summed E-state index contributed by atoms with van der Waals surface area (Å²) in [5.74, 6) is -0.214. The summed E-state index contributed by atoms with van der Waals surface area (Å²) < 4.78 is 39.7. The highest BCUT2D eigenvalue weighted by atomic mass is 19.4. The van der Waals surface area contributed by atoms with Gasteiger partial charge in [-0.2, -0.15) is 0 Å². The van der Waals surface area contributed by atoms with Crippen LogP contribution in [0.5, 0.6) is 5.75 Å². The summed E-state index contributed by atoms with van der Waals surface area (Å²) in [6.45, 7) is 1.02. The van der Waals surface area contributed by atoms with Gasteiger partial charge in [-0.25, -0.2) is 0 Å². The lowest BCUT2D eigenvalue weighted by molar-refractivity contribution is -0.274. The minimum atomic E-state index is -4.67. The zero-order chi connectivity index (χ0) is 15.3. The largest absolute Gasteiger partial charge is 0.573 e. The smallest absolute Gasteiger partial charge is 0.406 e. The molecule has 2 N–H and O–H groups in total. The second kappa shape index (κ2) is 6.80. The van der Waals surface area contributed by atoms with Crippen LogP contribution in [0.15, 0.2) is 24.3 Å². The maximum absolute atomic E-state index is 12.0. The predicted molar refractivity (Wildman–Crippen MR) is 70.6 cm³/mol. The van der Waals surface area contributed by atoms with Gasteiger partial charge in [0.05, 0.1) is 0 Å². The Morgan fingerprint density at radius 2 is 1.90 bits per heavy atom. The molecule has 1 amide bonds. The highest BCUT2D eigenvalue weighted by molar-refractivity contribution is 5.76. The van der Waals surface area contributed by atoms with E-state index in [1.165, 1.54) is 12.1 Å². The molecule has 0 atom stereocenters. The molecule has 0 saturated heterocycles. The quantitative estimate of drug-likeness (QED) is 0.760. The molecule has 1 aromatic rings. The van der Waals surface area contributed by atoms with Gasteiger partial charge < -0.3 is 15.4 Å². The number of amides is 1. The first-order valence-corrected chi connectivity index (χ1v) is 6.77. The van der Waals surface area contributed by atoms with Crippen LogP contribution in [0.1, 0.15) is 24.8 Å². The number of alkyl halides is 3. The van der Waals surface area contributed by atoms with Crippen molar-refractivity contribution < 1.29 is 22.7 Å². The number of halogens is 3. The molecule has 4 nitrogen and oxygen atoms in total. The topological polar surface area (TPSA) is 50.4 Å². The molecule has 21 heavy (non-hydrogen) atoms. The van der Waals surface area contributed by atoms with Crippen LogP contribution in [-0.2, 0) is 11.3 Å². The van der Waals surface area contributed by atoms with E-state index in [-0.39, 0.29) is 11.7 Å². The van der Waals surface area contributed by atoms with Crippen LogP contribution in [0.3, 0.4) is 0 Å². The maximum Gasteiger partial charge on any atom is 0.573 e. The molecule has 0 aliphatic heterocycles. The van der Waals surface area contributed by atoms with E-state index in [1.807, 2.05) is 0 Å². The number of rotatable bonds is 7. The number of hydrogen-bond acceptors (Lipinski definition) is 3. The van der Waals surface area contributed by atoms with Crippen LogP contribution in [0.4, 0.5) is 13.2 Å². The molecule has 1 aromatic carbocycles. The summed E-state index contributed by atoms with van der Waals surface area (Å²) in [6, 6.07) is 6.00. The Kier molecular flexibility index (Phi) is 5.06. The molecular weight excluding hydrogens is 285 g/mol. The van der Waals surface area contributed by atoms with Crippen molar-refractivity contribution in [3.63, 3.8) is 0 Å². The standard InChI is InChI=1S/C14H17F3N2O2/c15-14(16,17)21-12-5-1-10(2-6-12)9-18-8-7-13(20)19-11-3-4-11/h1-2,5-6,11,18H,3-4,7-9H2,(H,19,20). The Morgan fingerprint density at radius 1 is 1.24 bits per heavy atom. The number of ether oxygens (including phenoxy) is 1. The number of hydrogen-bond donors (Lipinski definition) is 2. The molecule has 116 valence electrons. The van der Waals surface area contributed by atoms with E-state index >= 15 is 0 Å². The van der Waals surface area contributed by atoms with E-state index < -0.39 is 6.36 Å². The fraction of sp³-hybridized carbons (Fsp3) is 0.500. The average Bonchev–Trinajstić information content (AvgIpc) is 3.18. The molecule has 0 radical (unpaired) electrons. The lowest BCUT2D eigenvalue weighted by Gasteiger charge is -2.09. The van der Waals surface area contributed by atoms with Crippen LogP contribution in [0, 0.1) is 0 Å². The Balaban J connectivity index is 1.65. The molecule has 2 rings (SSSR count). The lowest BCUT2D eigenvalue weighted by Crippen LogP contribution is -2.28. The van der Waals surface area contributed by atoms with Gasteiger partial charge in [0.25, 0.3) is 0 Å². The molecule has 0 spiro atoms. The Morgan fingerprint density at radius 3 is 2.48 bits per heavy atom. The van der Waals surface area contributed by atoms with Crippen molar-refractivity contribution in [3.05, 3.63) is 29.8 Å². The Bertz CT molecular complexity index is 470. The molecule has 0 unspecified atom stereocenters. The highest BCUT2D eigenvalue weighted by Gasteiger charge is 2.30. The van der Waals surface area contributed by atoms with Crippen LogP contribution < -0.4 is 15.4 Å². The van der Waals surface area contributed by atoms with Crippen molar-refractivity contribution in [2.24, 2.45) is 0 Å². The predicted octanol–water partition coefficient (Wildman–Crippen LogP) is 2.34. The second-order valence-corrected chi connectivity index (χ2v) is 4.96. The van der Waals surface area contributed by atoms with E-state index in [4.69, 9.17) is 0 Å². The minimum Gasteiger partial charge on any atom is -0.406 e.